The summed E-state index contributed by atoms with van der Waals surface area (Å²) >= 11 is 3.08. The lowest BCUT2D eigenvalue weighted by Gasteiger charge is -2.30. The van der Waals surface area contributed by atoms with Crippen LogP contribution in [0.3, 0.4) is 0 Å². The summed E-state index contributed by atoms with van der Waals surface area (Å²) in [6, 6.07) is 0. The molecule has 1 amide bonds. The number of halogens is 4. The lowest BCUT2D eigenvalue weighted by molar-refractivity contribution is -0.163. The average Bonchev–Trinajstić information content (AvgIpc) is 1.96. The van der Waals surface area contributed by atoms with Gasteiger partial charge in [0.15, 0.2) is 0 Å². The predicted molar refractivity (Wildman–Crippen MR) is 60.5 cm³/mol. The van der Waals surface area contributed by atoms with E-state index in [1.54, 1.807) is 27.7 Å². The van der Waals surface area contributed by atoms with Crippen molar-refractivity contribution in [1.82, 2.24) is 4.90 Å². The number of amides is 1. The van der Waals surface area contributed by atoms with Crippen molar-refractivity contribution in [3.05, 3.63) is 0 Å². The van der Waals surface area contributed by atoms with Gasteiger partial charge in [-0.15, -0.1) is 0 Å². The zero-order chi connectivity index (χ0) is 13.1. The highest BCUT2D eigenvalue weighted by Gasteiger charge is 2.37. The van der Waals surface area contributed by atoms with Crippen LogP contribution in [0.15, 0.2) is 0 Å². The first-order chi connectivity index (χ1) is 6.93. The van der Waals surface area contributed by atoms with Gasteiger partial charge in [0.2, 0.25) is 5.91 Å². The Bertz CT molecular complexity index is 245. The average molecular weight is 304 g/mol. The Hall–Kier alpha value is -0.260. The highest BCUT2D eigenvalue weighted by atomic mass is 79.9. The fourth-order valence-electron chi connectivity index (χ4n) is 1.25. The number of rotatable bonds is 4. The SMILES string of the molecule is CC(C)CN(CC(F)(F)F)C(=O)C(C)(C)Br. The molecule has 6 heteroatoms. The first-order valence-corrected chi connectivity index (χ1v) is 5.78. The maximum atomic E-state index is 12.3. The second kappa shape index (κ2) is 5.38. The van der Waals surface area contributed by atoms with Crippen molar-refractivity contribution in [2.45, 2.75) is 38.2 Å². The van der Waals surface area contributed by atoms with E-state index in [1.807, 2.05) is 0 Å². The first kappa shape index (κ1) is 15.7. The first-order valence-electron chi connectivity index (χ1n) is 4.98. The van der Waals surface area contributed by atoms with Crippen LogP contribution in [-0.4, -0.2) is 34.4 Å². The van der Waals surface area contributed by atoms with Crippen molar-refractivity contribution in [3.63, 3.8) is 0 Å². The maximum absolute atomic E-state index is 12.3. The second-order valence-corrected chi connectivity index (χ2v) is 6.65. The summed E-state index contributed by atoms with van der Waals surface area (Å²) in [5, 5.41) is 0. The third-order valence-electron chi connectivity index (χ3n) is 1.75. The van der Waals surface area contributed by atoms with E-state index in [9.17, 15) is 18.0 Å². The van der Waals surface area contributed by atoms with Gasteiger partial charge in [-0.05, 0) is 19.8 Å². The Morgan fingerprint density at radius 2 is 1.75 bits per heavy atom. The van der Waals surface area contributed by atoms with Crippen molar-refractivity contribution >= 4 is 21.8 Å². The Morgan fingerprint density at radius 1 is 1.31 bits per heavy atom. The maximum Gasteiger partial charge on any atom is 0.406 e. The van der Waals surface area contributed by atoms with Crippen LogP contribution < -0.4 is 0 Å². The van der Waals surface area contributed by atoms with Crippen LogP contribution in [0, 0.1) is 5.92 Å². The van der Waals surface area contributed by atoms with E-state index in [2.05, 4.69) is 15.9 Å². The normalized spacial score (nSPS) is 13.1. The molecule has 0 fully saturated rings. The summed E-state index contributed by atoms with van der Waals surface area (Å²) in [4.78, 5) is 12.6. The molecule has 0 unspecified atom stereocenters. The van der Waals surface area contributed by atoms with Crippen molar-refractivity contribution in [3.8, 4) is 0 Å². The van der Waals surface area contributed by atoms with E-state index >= 15 is 0 Å². The second-order valence-electron chi connectivity index (χ2n) is 4.67. The van der Waals surface area contributed by atoms with E-state index in [4.69, 9.17) is 0 Å². The Morgan fingerprint density at radius 3 is 2.00 bits per heavy atom. The highest BCUT2D eigenvalue weighted by molar-refractivity contribution is 9.10. The van der Waals surface area contributed by atoms with Gasteiger partial charge >= 0.3 is 6.18 Å². The van der Waals surface area contributed by atoms with Crippen molar-refractivity contribution in [2.24, 2.45) is 5.92 Å². The van der Waals surface area contributed by atoms with Gasteiger partial charge in [-0.2, -0.15) is 13.2 Å². The number of hydrogen-bond acceptors (Lipinski definition) is 1. The summed E-state index contributed by atoms with van der Waals surface area (Å²) in [6.07, 6.45) is -4.36. The quantitative estimate of drug-likeness (QED) is 0.730. The molecule has 16 heavy (non-hydrogen) atoms. The molecule has 0 aliphatic carbocycles. The van der Waals surface area contributed by atoms with E-state index in [0.29, 0.717) is 0 Å². The fourth-order valence-corrected chi connectivity index (χ4v) is 1.50. The molecule has 96 valence electrons. The molecule has 2 nitrogen and oxygen atoms in total. The summed E-state index contributed by atoms with van der Waals surface area (Å²) in [7, 11) is 0. The third-order valence-corrected chi connectivity index (χ3v) is 2.09. The molecular weight excluding hydrogens is 287 g/mol. The lowest BCUT2D eigenvalue weighted by Crippen LogP contribution is -2.47. The van der Waals surface area contributed by atoms with Gasteiger partial charge in [0.1, 0.15) is 6.54 Å². The largest absolute Gasteiger partial charge is 0.406 e. The Labute approximate surface area is 102 Å². The van der Waals surface area contributed by atoms with Gasteiger partial charge in [0.05, 0.1) is 4.32 Å². The van der Waals surface area contributed by atoms with Crippen molar-refractivity contribution in [1.29, 1.82) is 0 Å². The van der Waals surface area contributed by atoms with Gasteiger partial charge < -0.3 is 4.90 Å². The van der Waals surface area contributed by atoms with Crippen LogP contribution in [0.1, 0.15) is 27.7 Å². The number of carbonyl (C=O) groups is 1. The molecule has 0 rings (SSSR count). The number of hydrogen-bond donors (Lipinski definition) is 0. The topological polar surface area (TPSA) is 20.3 Å². The fraction of sp³-hybridized carbons (Fsp3) is 0.900. The standard InChI is InChI=1S/C10H17BrF3NO/c1-7(2)5-15(6-10(12,13)14)8(16)9(3,4)11/h7H,5-6H2,1-4H3. The van der Waals surface area contributed by atoms with Crippen LogP contribution >= 0.6 is 15.9 Å². The number of alkyl halides is 4. The van der Waals surface area contributed by atoms with Crippen molar-refractivity contribution in [2.75, 3.05) is 13.1 Å². The van der Waals surface area contributed by atoms with Gasteiger partial charge in [-0.3, -0.25) is 4.79 Å². The van der Waals surface area contributed by atoms with Gasteiger partial charge in [-0.1, -0.05) is 29.8 Å². The number of carbonyl (C=O) groups excluding carboxylic acids is 1. The smallest absolute Gasteiger partial charge is 0.332 e. The summed E-state index contributed by atoms with van der Waals surface area (Å²) in [5.41, 5.74) is 0. The van der Waals surface area contributed by atoms with E-state index in [-0.39, 0.29) is 12.5 Å². The summed E-state index contributed by atoms with van der Waals surface area (Å²) < 4.78 is 35.9. The lowest BCUT2D eigenvalue weighted by atomic mass is 10.1. The minimum Gasteiger partial charge on any atom is -0.332 e. The highest BCUT2D eigenvalue weighted by Crippen LogP contribution is 2.24. The molecule has 0 saturated heterocycles. The molecule has 0 saturated carbocycles. The van der Waals surface area contributed by atoms with E-state index in [0.717, 1.165) is 4.90 Å². The van der Waals surface area contributed by atoms with Gasteiger partial charge in [0, 0.05) is 6.54 Å². The monoisotopic (exact) mass is 303 g/mol. The van der Waals surface area contributed by atoms with Crippen LogP contribution in [0.5, 0.6) is 0 Å². The van der Waals surface area contributed by atoms with Crippen molar-refractivity contribution < 1.29 is 18.0 Å². The molecule has 0 aliphatic rings. The van der Waals surface area contributed by atoms with Gasteiger partial charge in [-0.25, -0.2) is 0 Å². The summed E-state index contributed by atoms with van der Waals surface area (Å²) in [5.74, 6) is -0.542. The molecule has 0 spiro atoms. The van der Waals surface area contributed by atoms with Crippen LogP contribution in [0.25, 0.3) is 0 Å². The number of nitrogens with zero attached hydrogens (tertiary/aromatic N) is 1. The molecule has 0 aliphatic heterocycles. The molecular formula is C10H17BrF3NO. The Balaban J connectivity index is 4.75. The minimum atomic E-state index is -4.36. The van der Waals surface area contributed by atoms with Crippen LogP contribution in [0.4, 0.5) is 13.2 Å². The molecule has 0 bridgehead atoms. The molecule has 0 atom stereocenters. The van der Waals surface area contributed by atoms with Crippen LogP contribution in [-0.2, 0) is 4.79 Å². The molecule has 0 N–H and O–H groups in total. The Kier molecular flexibility index (Phi) is 5.29. The molecule has 0 radical (unpaired) electrons. The third kappa shape index (κ3) is 6.35. The predicted octanol–water partition coefficient (Wildman–Crippen LogP) is 3.21. The zero-order valence-electron chi connectivity index (χ0n) is 9.86. The van der Waals surface area contributed by atoms with E-state index in [1.165, 1.54) is 0 Å². The van der Waals surface area contributed by atoms with E-state index < -0.39 is 23.0 Å². The summed E-state index contributed by atoms with van der Waals surface area (Å²) in [6.45, 7) is 5.54. The van der Waals surface area contributed by atoms with Crippen LogP contribution in [0.2, 0.25) is 0 Å². The minimum absolute atomic E-state index is 0.00106. The molecule has 0 heterocycles. The zero-order valence-corrected chi connectivity index (χ0v) is 11.4. The van der Waals surface area contributed by atoms with Gasteiger partial charge in [0.25, 0.3) is 0 Å². The molecule has 0 aromatic carbocycles. The molecule has 0 aromatic heterocycles. The molecule has 0 aromatic rings.